The zero-order valence-corrected chi connectivity index (χ0v) is 23.6. The highest BCUT2D eigenvalue weighted by Crippen LogP contribution is 2.41. The van der Waals surface area contributed by atoms with Gasteiger partial charge in [0.15, 0.2) is 0 Å². The molecule has 0 radical (unpaired) electrons. The smallest absolute Gasteiger partial charge is 0.318 e. The predicted molar refractivity (Wildman–Crippen MR) is 133 cm³/mol. The van der Waals surface area contributed by atoms with E-state index in [2.05, 4.69) is 13.8 Å². The molecule has 34 heavy (non-hydrogen) atoms. The van der Waals surface area contributed by atoms with Crippen LogP contribution in [-0.2, 0) is 29.0 Å². The van der Waals surface area contributed by atoms with Crippen LogP contribution < -0.4 is 0 Å². The monoisotopic (exact) mass is 494 g/mol. The average molecular weight is 495 g/mol. The summed E-state index contributed by atoms with van der Waals surface area (Å²) in [6, 6.07) is 0. The molecule has 0 bridgehead atoms. The highest BCUT2D eigenvalue weighted by atomic mass is 17.4. The Balaban J connectivity index is 6.38. The summed E-state index contributed by atoms with van der Waals surface area (Å²) in [6.07, 6.45) is 7.54. The maximum Gasteiger partial charge on any atom is 0.342 e. The quantitative estimate of drug-likeness (QED) is 0.0939. The van der Waals surface area contributed by atoms with Crippen molar-refractivity contribution in [2.75, 3.05) is 0 Å². The van der Waals surface area contributed by atoms with Gasteiger partial charge in [0.2, 0.25) is 0 Å². The second-order valence-corrected chi connectivity index (χ2v) is 10.5. The first kappa shape index (κ1) is 33.7. The molecule has 0 saturated carbocycles. The van der Waals surface area contributed by atoms with Gasteiger partial charge in [-0.2, -0.15) is 19.6 Å². The van der Waals surface area contributed by atoms with Gasteiger partial charge in [-0.25, -0.2) is 10.5 Å². The molecule has 0 heterocycles. The van der Waals surface area contributed by atoms with E-state index in [9.17, 15) is 10.5 Å². The van der Waals surface area contributed by atoms with E-state index < -0.39 is 23.1 Å². The van der Waals surface area contributed by atoms with Crippen molar-refractivity contribution in [2.24, 2.45) is 11.8 Å². The summed E-state index contributed by atoms with van der Waals surface area (Å²) < 4.78 is 12.5. The van der Waals surface area contributed by atoms with E-state index in [4.69, 9.17) is 29.0 Å². The molecule has 0 aliphatic heterocycles. The van der Waals surface area contributed by atoms with Gasteiger partial charge in [0.05, 0.1) is 11.2 Å². The largest absolute Gasteiger partial charge is 0.342 e. The number of hydrogen-bond acceptors (Lipinski definition) is 8. The summed E-state index contributed by atoms with van der Waals surface area (Å²) in [5, 5.41) is 20.3. The molecule has 0 amide bonds. The molecular weight excluding hydrogens is 440 g/mol. The number of ether oxygens (including phenoxy) is 2. The maximum absolute atomic E-state index is 10.1. The third-order valence-corrected chi connectivity index (χ3v) is 6.87. The summed E-state index contributed by atoms with van der Waals surface area (Å²) >= 11 is 0. The van der Waals surface area contributed by atoms with Crippen LogP contribution in [0.3, 0.4) is 0 Å². The molecular formula is C26H54O8. The zero-order chi connectivity index (χ0) is 26.5. The molecule has 8 heteroatoms. The average Bonchev–Trinajstić information content (AvgIpc) is 2.82. The Morgan fingerprint density at radius 3 is 1.12 bits per heavy atom. The summed E-state index contributed by atoms with van der Waals surface area (Å²) in [7, 11) is 0. The Bertz CT molecular complexity index is 481. The molecule has 8 nitrogen and oxygen atoms in total. The molecule has 206 valence electrons. The van der Waals surface area contributed by atoms with Crippen molar-refractivity contribution in [1.82, 2.24) is 0 Å². The minimum atomic E-state index is -1.93. The van der Waals surface area contributed by atoms with Gasteiger partial charge in [-0.05, 0) is 66.2 Å². The van der Waals surface area contributed by atoms with Crippen LogP contribution in [0, 0.1) is 11.8 Å². The Labute approximate surface area is 208 Å². The van der Waals surface area contributed by atoms with Gasteiger partial charge < -0.3 is 9.47 Å². The maximum atomic E-state index is 10.1. The Morgan fingerprint density at radius 1 is 0.588 bits per heavy atom. The fourth-order valence-corrected chi connectivity index (χ4v) is 3.75. The minimum Gasteiger partial charge on any atom is -0.318 e. The molecule has 0 aliphatic rings. The third kappa shape index (κ3) is 9.97. The van der Waals surface area contributed by atoms with Crippen LogP contribution in [0.2, 0.25) is 0 Å². The molecule has 0 aromatic heterocycles. The summed E-state index contributed by atoms with van der Waals surface area (Å²) in [6.45, 7) is 19.6. The fourth-order valence-electron chi connectivity index (χ4n) is 3.75. The van der Waals surface area contributed by atoms with E-state index in [-0.39, 0.29) is 11.8 Å². The van der Waals surface area contributed by atoms with E-state index in [1.54, 1.807) is 0 Å². The Kier molecular flexibility index (Phi) is 15.6. The Morgan fingerprint density at radius 2 is 0.912 bits per heavy atom. The van der Waals surface area contributed by atoms with Crippen LogP contribution >= 0.6 is 0 Å². The number of hydrogen-bond donors (Lipinski definition) is 2. The van der Waals surface area contributed by atoms with Crippen molar-refractivity contribution in [2.45, 2.75) is 157 Å². The van der Waals surface area contributed by atoms with Gasteiger partial charge in [0.1, 0.15) is 0 Å². The number of rotatable bonds is 21. The van der Waals surface area contributed by atoms with Crippen molar-refractivity contribution in [3.63, 3.8) is 0 Å². The SMILES string of the molecule is CCCCC(CC)C(OO)(OOC(OO)(OC(C)(C)CC)C(CC)CCCC)OC(C)(C)CC. The van der Waals surface area contributed by atoms with Gasteiger partial charge in [0, 0.05) is 11.8 Å². The lowest BCUT2D eigenvalue weighted by atomic mass is 9.95. The molecule has 0 aromatic rings. The topological polar surface area (TPSA) is 95.8 Å². The standard InChI is InChI=1S/C26H54O8/c1-11-17-19-21(13-3)25(31-27,29-23(7,8)15-5)33-34-26(32-28,30-24(9,10)16-6)22(14-4)20-18-12-2/h21-22,27-28H,11-20H2,1-10H3. The summed E-state index contributed by atoms with van der Waals surface area (Å²) in [4.78, 5) is 21.7. The fraction of sp³-hybridized carbons (Fsp3) is 1.00. The predicted octanol–water partition coefficient (Wildman–Crippen LogP) is 8.06. The molecule has 4 atom stereocenters. The van der Waals surface area contributed by atoms with E-state index in [1.165, 1.54) is 0 Å². The third-order valence-electron chi connectivity index (χ3n) is 6.87. The van der Waals surface area contributed by atoms with Crippen molar-refractivity contribution < 1.29 is 39.5 Å². The van der Waals surface area contributed by atoms with Crippen LogP contribution in [0.15, 0.2) is 0 Å². The normalized spacial score (nSPS) is 18.4. The molecule has 4 unspecified atom stereocenters. The molecule has 0 fully saturated rings. The molecule has 0 aliphatic carbocycles. The summed E-state index contributed by atoms with van der Waals surface area (Å²) in [5.41, 5.74) is -1.38. The Hall–Kier alpha value is -0.320. The first-order chi connectivity index (χ1) is 15.9. The summed E-state index contributed by atoms with van der Waals surface area (Å²) in [5.74, 6) is -4.57. The van der Waals surface area contributed by atoms with Gasteiger partial charge in [-0.15, -0.1) is 0 Å². The highest BCUT2D eigenvalue weighted by Gasteiger charge is 2.54. The van der Waals surface area contributed by atoms with E-state index in [0.29, 0.717) is 38.5 Å². The molecule has 2 N–H and O–H groups in total. The van der Waals surface area contributed by atoms with Crippen LogP contribution in [0.4, 0.5) is 0 Å². The van der Waals surface area contributed by atoms with Crippen molar-refractivity contribution >= 4 is 0 Å². The van der Waals surface area contributed by atoms with Gasteiger partial charge in [-0.1, -0.05) is 67.2 Å². The van der Waals surface area contributed by atoms with E-state index in [0.717, 1.165) is 25.7 Å². The minimum absolute atomic E-state index is 0.352. The van der Waals surface area contributed by atoms with Gasteiger partial charge in [0.25, 0.3) is 0 Å². The number of unbranched alkanes of at least 4 members (excludes halogenated alkanes) is 2. The highest BCUT2D eigenvalue weighted by molar-refractivity contribution is 4.78. The van der Waals surface area contributed by atoms with Crippen molar-refractivity contribution in [3.8, 4) is 0 Å². The molecule has 0 aromatic carbocycles. The van der Waals surface area contributed by atoms with E-state index in [1.807, 2.05) is 55.4 Å². The second-order valence-electron chi connectivity index (χ2n) is 10.5. The molecule has 0 saturated heterocycles. The van der Waals surface area contributed by atoms with Crippen molar-refractivity contribution in [1.29, 1.82) is 0 Å². The van der Waals surface area contributed by atoms with Gasteiger partial charge >= 0.3 is 11.9 Å². The first-order valence-electron chi connectivity index (χ1n) is 13.3. The van der Waals surface area contributed by atoms with Gasteiger partial charge in [-0.3, -0.25) is 0 Å². The lowest BCUT2D eigenvalue weighted by Crippen LogP contribution is -2.56. The molecule has 0 spiro atoms. The van der Waals surface area contributed by atoms with Crippen molar-refractivity contribution in [3.05, 3.63) is 0 Å². The zero-order valence-electron chi connectivity index (χ0n) is 23.6. The first-order valence-corrected chi connectivity index (χ1v) is 13.3. The van der Waals surface area contributed by atoms with Crippen LogP contribution in [0.25, 0.3) is 0 Å². The van der Waals surface area contributed by atoms with Crippen LogP contribution in [-0.4, -0.2) is 33.7 Å². The van der Waals surface area contributed by atoms with Crippen LogP contribution in [0.1, 0.15) is 133 Å². The lowest BCUT2D eigenvalue weighted by molar-refractivity contribution is -0.670. The van der Waals surface area contributed by atoms with Crippen LogP contribution in [0.5, 0.6) is 0 Å². The lowest BCUT2D eigenvalue weighted by Gasteiger charge is -2.45. The molecule has 0 rings (SSSR count). The second kappa shape index (κ2) is 15.7. The van der Waals surface area contributed by atoms with E-state index >= 15 is 0 Å².